The van der Waals surface area contributed by atoms with E-state index in [0.29, 0.717) is 18.3 Å². The Morgan fingerprint density at radius 3 is 2.34 bits per heavy atom. The zero-order valence-corrected chi connectivity index (χ0v) is 20.2. The van der Waals surface area contributed by atoms with Gasteiger partial charge in [-0.2, -0.15) is 4.98 Å². The molecule has 1 aliphatic heterocycles. The van der Waals surface area contributed by atoms with E-state index in [0.717, 1.165) is 34.4 Å². The van der Waals surface area contributed by atoms with Gasteiger partial charge in [0.25, 0.3) is 5.89 Å². The zero-order chi connectivity index (χ0) is 24.4. The van der Waals surface area contributed by atoms with Crippen LogP contribution in [0.2, 0.25) is 0 Å². The quantitative estimate of drug-likeness (QED) is 0.375. The van der Waals surface area contributed by atoms with Crippen molar-refractivity contribution in [3.05, 3.63) is 113 Å². The molecule has 0 fully saturated rings. The fourth-order valence-electron chi connectivity index (χ4n) is 4.44. The minimum atomic E-state index is -0.390. The van der Waals surface area contributed by atoms with Crippen molar-refractivity contribution >= 4 is 11.6 Å². The maximum absolute atomic E-state index is 13.3. The Balaban J connectivity index is 1.56. The summed E-state index contributed by atoms with van der Waals surface area (Å²) in [5.74, 6) is 0.932. The average molecular weight is 465 g/mol. The molecule has 1 atom stereocenters. The van der Waals surface area contributed by atoms with Crippen LogP contribution in [0.4, 0.5) is 4.79 Å². The van der Waals surface area contributed by atoms with Crippen molar-refractivity contribution < 1.29 is 9.32 Å². The second-order valence-corrected chi connectivity index (χ2v) is 8.90. The Morgan fingerprint density at radius 1 is 0.914 bits per heavy atom. The summed E-state index contributed by atoms with van der Waals surface area (Å²) in [6.07, 6.45) is 0.742. The molecule has 176 valence electrons. The van der Waals surface area contributed by atoms with Gasteiger partial charge in [-0.1, -0.05) is 84.0 Å². The van der Waals surface area contributed by atoms with Crippen LogP contribution in [-0.2, 0) is 6.42 Å². The number of aryl methyl sites for hydroxylation is 2. The molecule has 35 heavy (non-hydrogen) atoms. The van der Waals surface area contributed by atoms with Crippen LogP contribution in [0.15, 0.2) is 89.1 Å². The molecular weight excluding hydrogens is 436 g/mol. The van der Waals surface area contributed by atoms with E-state index >= 15 is 0 Å². The number of hydrogen-bond donors (Lipinski definition) is 1. The lowest BCUT2D eigenvalue weighted by Gasteiger charge is -2.35. The summed E-state index contributed by atoms with van der Waals surface area (Å²) in [7, 11) is 0. The Morgan fingerprint density at radius 2 is 1.63 bits per heavy atom. The third-order valence-electron chi connectivity index (χ3n) is 6.62. The van der Waals surface area contributed by atoms with Crippen LogP contribution in [-0.4, -0.2) is 27.6 Å². The summed E-state index contributed by atoms with van der Waals surface area (Å²) in [5.41, 5.74) is 7.03. The van der Waals surface area contributed by atoms with Gasteiger partial charge < -0.3 is 9.84 Å². The molecule has 4 aromatic rings. The molecule has 2 heterocycles. The van der Waals surface area contributed by atoms with Gasteiger partial charge >= 0.3 is 6.03 Å². The van der Waals surface area contributed by atoms with E-state index in [9.17, 15) is 4.79 Å². The molecule has 0 spiro atoms. The first kappa shape index (κ1) is 22.6. The maximum Gasteiger partial charge on any atom is 0.322 e. The minimum Gasteiger partial charge on any atom is -0.334 e. The lowest BCUT2D eigenvalue weighted by Crippen LogP contribution is -2.46. The summed E-state index contributed by atoms with van der Waals surface area (Å²) in [6, 6.07) is 25.6. The van der Waals surface area contributed by atoms with E-state index in [-0.39, 0.29) is 12.1 Å². The van der Waals surface area contributed by atoms with Crippen molar-refractivity contribution in [2.24, 2.45) is 0 Å². The molecule has 5 rings (SSSR count). The molecule has 0 aliphatic carbocycles. The van der Waals surface area contributed by atoms with Crippen molar-refractivity contribution in [3.63, 3.8) is 0 Å². The highest BCUT2D eigenvalue weighted by molar-refractivity contribution is 5.87. The number of carbonyl (C=O) groups is 1. The maximum atomic E-state index is 13.3. The van der Waals surface area contributed by atoms with E-state index < -0.39 is 0 Å². The highest BCUT2D eigenvalue weighted by Gasteiger charge is 2.35. The first-order valence-corrected chi connectivity index (χ1v) is 11.8. The van der Waals surface area contributed by atoms with Gasteiger partial charge in [-0.05, 0) is 49.4 Å². The monoisotopic (exact) mass is 464 g/mol. The first-order chi connectivity index (χ1) is 17.0. The largest absolute Gasteiger partial charge is 0.334 e. The Labute approximate surface area is 205 Å². The third kappa shape index (κ3) is 4.60. The number of hydrogen-bond acceptors (Lipinski definition) is 4. The van der Waals surface area contributed by atoms with Crippen molar-refractivity contribution in [1.29, 1.82) is 0 Å². The van der Waals surface area contributed by atoms with Gasteiger partial charge in [-0.25, -0.2) is 4.79 Å². The molecule has 1 N–H and O–H groups in total. The minimum absolute atomic E-state index is 0.131. The molecule has 6 heteroatoms. The van der Waals surface area contributed by atoms with Crippen LogP contribution in [0.5, 0.6) is 0 Å². The van der Waals surface area contributed by atoms with Gasteiger partial charge in [0.05, 0.1) is 11.6 Å². The Bertz CT molecular complexity index is 1380. The van der Waals surface area contributed by atoms with Crippen LogP contribution in [0.25, 0.3) is 17.0 Å². The van der Waals surface area contributed by atoms with Crippen molar-refractivity contribution in [2.45, 2.75) is 33.2 Å². The topological polar surface area (TPSA) is 71.3 Å². The van der Waals surface area contributed by atoms with E-state index in [1.165, 1.54) is 11.1 Å². The number of aromatic nitrogens is 2. The lowest BCUT2D eigenvalue weighted by molar-refractivity contribution is 0.205. The van der Waals surface area contributed by atoms with Gasteiger partial charge in [-0.15, -0.1) is 0 Å². The smallest absolute Gasteiger partial charge is 0.322 e. The van der Waals surface area contributed by atoms with Crippen molar-refractivity contribution in [1.82, 2.24) is 20.4 Å². The fraction of sp³-hybridized carbons (Fsp3) is 0.207. The van der Waals surface area contributed by atoms with E-state index in [2.05, 4.69) is 54.7 Å². The number of carbonyl (C=O) groups excluding carboxylic acids is 1. The number of allylic oxidation sites excluding steroid dienone is 1. The number of urea groups is 1. The van der Waals surface area contributed by atoms with Crippen LogP contribution in [0, 0.1) is 13.8 Å². The highest BCUT2D eigenvalue weighted by Crippen LogP contribution is 2.37. The van der Waals surface area contributed by atoms with Gasteiger partial charge in [0.2, 0.25) is 5.82 Å². The molecule has 1 unspecified atom stereocenters. The first-order valence-electron chi connectivity index (χ1n) is 11.8. The summed E-state index contributed by atoms with van der Waals surface area (Å²) < 4.78 is 5.78. The van der Waals surface area contributed by atoms with Gasteiger partial charge in [0.1, 0.15) is 0 Å². The molecule has 2 amide bonds. The summed E-state index contributed by atoms with van der Waals surface area (Å²) in [6.45, 7) is 6.66. The van der Waals surface area contributed by atoms with Crippen LogP contribution in [0.1, 0.15) is 41.1 Å². The predicted molar refractivity (Wildman–Crippen MR) is 136 cm³/mol. The molecule has 3 aromatic carbocycles. The third-order valence-corrected chi connectivity index (χ3v) is 6.62. The van der Waals surface area contributed by atoms with Crippen LogP contribution in [0.3, 0.4) is 0 Å². The van der Waals surface area contributed by atoms with E-state index in [4.69, 9.17) is 9.51 Å². The lowest BCUT2D eigenvalue weighted by atomic mass is 9.92. The number of amides is 2. The SMILES string of the molecule is CC1=C(c2nc(-c3ccccc3)no2)C(c2ccc(C)c(C)c2)NC(=O)N1CCc1ccccc1. The Hall–Kier alpha value is -4.19. The summed E-state index contributed by atoms with van der Waals surface area (Å²) in [4.78, 5) is 19.8. The summed E-state index contributed by atoms with van der Waals surface area (Å²) >= 11 is 0. The fourth-order valence-corrected chi connectivity index (χ4v) is 4.44. The van der Waals surface area contributed by atoms with E-state index in [1.807, 2.05) is 55.5 Å². The number of nitrogens with one attached hydrogen (secondary N) is 1. The number of rotatable bonds is 6. The van der Waals surface area contributed by atoms with Gasteiger partial charge in [-0.3, -0.25) is 4.90 Å². The molecule has 0 saturated heterocycles. The normalized spacial score (nSPS) is 15.9. The second kappa shape index (κ2) is 9.58. The van der Waals surface area contributed by atoms with Gasteiger partial charge in [0.15, 0.2) is 0 Å². The van der Waals surface area contributed by atoms with E-state index in [1.54, 1.807) is 4.90 Å². The Kier molecular flexibility index (Phi) is 6.19. The zero-order valence-electron chi connectivity index (χ0n) is 20.2. The molecule has 6 nitrogen and oxygen atoms in total. The molecular formula is C29H28N4O2. The molecule has 0 radical (unpaired) electrons. The molecule has 0 bridgehead atoms. The standard InChI is InChI=1S/C29H28N4O2/c1-19-14-15-24(18-20(19)2)26-25(28-31-27(32-35-28)23-12-8-5-9-13-23)21(3)33(29(34)30-26)17-16-22-10-6-4-7-11-22/h4-15,18,26H,16-17H2,1-3H3,(H,30,34). The summed E-state index contributed by atoms with van der Waals surface area (Å²) in [5, 5.41) is 7.44. The van der Waals surface area contributed by atoms with Crippen molar-refractivity contribution in [3.8, 4) is 11.4 Å². The van der Waals surface area contributed by atoms with Gasteiger partial charge in [0, 0.05) is 17.8 Å². The predicted octanol–water partition coefficient (Wildman–Crippen LogP) is 6.09. The van der Waals surface area contributed by atoms with Crippen LogP contribution >= 0.6 is 0 Å². The molecule has 1 aromatic heterocycles. The molecule has 0 saturated carbocycles. The van der Waals surface area contributed by atoms with Crippen molar-refractivity contribution in [2.75, 3.05) is 6.54 Å². The second-order valence-electron chi connectivity index (χ2n) is 8.90. The highest BCUT2D eigenvalue weighted by atomic mass is 16.5. The number of benzene rings is 3. The number of nitrogens with zero attached hydrogens (tertiary/aromatic N) is 3. The molecule has 1 aliphatic rings. The average Bonchev–Trinajstić information content (AvgIpc) is 3.36. The van der Waals surface area contributed by atoms with Crippen LogP contribution < -0.4 is 5.32 Å².